The fourth-order valence-electron chi connectivity index (χ4n) is 1.87. The fraction of sp³-hybridized carbons (Fsp3) is 0.286. The van der Waals surface area contributed by atoms with Gasteiger partial charge in [0.25, 0.3) is 0 Å². The first-order valence-electron chi connectivity index (χ1n) is 5.86. The SMILES string of the molecule is Cc1ccc(N)c(N(C)CCc2cc(Br)cs2)c1. The van der Waals surface area contributed by atoms with E-state index in [0.717, 1.165) is 24.3 Å². The van der Waals surface area contributed by atoms with E-state index in [1.54, 1.807) is 11.3 Å². The van der Waals surface area contributed by atoms with Crippen LogP contribution in [0.5, 0.6) is 0 Å². The molecule has 2 rings (SSSR count). The van der Waals surface area contributed by atoms with Crippen molar-refractivity contribution < 1.29 is 0 Å². The second kappa shape index (κ2) is 5.76. The molecule has 2 nitrogen and oxygen atoms in total. The number of thiophene rings is 1. The lowest BCUT2D eigenvalue weighted by molar-refractivity contribution is 0.888. The number of halogens is 1. The first kappa shape index (κ1) is 13.4. The molecule has 0 saturated heterocycles. The number of nitrogens with zero attached hydrogens (tertiary/aromatic N) is 1. The minimum atomic E-state index is 0.843. The van der Waals surface area contributed by atoms with Gasteiger partial charge in [0, 0.05) is 28.3 Å². The number of aryl methyl sites for hydroxylation is 1. The molecule has 0 saturated carbocycles. The number of benzene rings is 1. The van der Waals surface area contributed by atoms with Gasteiger partial charge in [0.2, 0.25) is 0 Å². The summed E-state index contributed by atoms with van der Waals surface area (Å²) < 4.78 is 1.17. The molecule has 2 aromatic rings. The van der Waals surface area contributed by atoms with Crippen LogP contribution in [-0.4, -0.2) is 13.6 Å². The van der Waals surface area contributed by atoms with Gasteiger partial charge in [-0.3, -0.25) is 0 Å². The Balaban J connectivity index is 2.03. The number of nitrogens with two attached hydrogens (primary N) is 1. The van der Waals surface area contributed by atoms with E-state index in [1.807, 2.05) is 12.1 Å². The number of rotatable bonds is 4. The minimum Gasteiger partial charge on any atom is -0.397 e. The number of likely N-dealkylation sites (N-methyl/N-ethyl adjacent to an activating group) is 1. The fourth-order valence-corrected chi connectivity index (χ4v) is 3.31. The molecule has 0 amide bonds. The van der Waals surface area contributed by atoms with Gasteiger partial charge in [0.15, 0.2) is 0 Å². The molecule has 0 aliphatic carbocycles. The first-order chi connectivity index (χ1) is 8.56. The minimum absolute atomic E-state index is 0.843. The third-order valence-electron chi connectivity index (χ3n) is 2.91. The molecule has 18 heavy (non-hydrogen) atoms. The van der Waals surface area contributed by atoms with Crippen molar-refractivity contribution in [2.75, 3.05) is 24.2 Å². The summed E-state index contributed by atoms with van der Waals surface area (Å²) in [5.41, 5.74) is 9.22. The lowest BCUT2D eigenvalue weighted by Crippen LogP contribution is -2.21. The molecule has 0 radical (unpaired) electrons. The summed E-state index contributed by atoms with van der Waals surface area (Å²) in [6.07, 6.45) is 1.04. The van der Waals surface area contributed by atoms with Crippen molar-refractivity contribution in [1.82, 2.24) is 0 Å². The van der Waals surface area contributed by atoms with Gasteiger partial charge < -0.3 is 10.6 Å². The second-order valence-electron chi connectivity index (χ2n) is 4.47. The molecule has 1 aromatic carbocycles. The smallest absolute Gasteiger partial charge is 0.0600 e. The Morgan fingerprint density at radius 2 is 2.11 bits per heavy atom. The Morgan fingerprint density at radius 1 is 1.33 bits per heavy atom. The third-order valence-corrected chi connectivity index (χ3v) is 4.67. The summed E-state index contributed by atoms with van der Waals surface area (Å²) in [6, 6.07) is 8.34. The molecule has 0 aliphatic heterocycles. The van der Waals surface area contributed by atoms with Crippen molar-refractivity contribution in [2.45, 2.75) is 13.3 Å². The van der Waals surface area contributed by atoms with Crippen LogP contribution < -0.4 is 10.6 Å². The summed E-state index contributed by atoms with van der Waals surface area (Å²) in [7, 11) is 2.09. The molecule has 0 spiro atoms. The lowest BCUT2D eigenvalue weighted by atomic mass is 10.1. The van der Waals surface area contributed by atoms with E-state index in [1.165, 1.54) is 14.9 Å². The monoisotopic (exact) mass is 324 g/mol. The van der Waals surface area contributed by atoms with Crippen LogP contribution in [0, 0.1) is 6.92 Å². The lowest BCUT2D eigenvalue weighted by Gasteiger charge is -2.21. The van der Waals surface area contributed by atoms with Gasteiger partial charge in [-0.2, -0.15) is 0 Å². The molecule has 0 bridgehead atoms. The Morgan fingerprint density at radius 3 is 2.78 bits per heavy atom. The van der Waals surface area contributed by atoms with Gasteiger partial charge in [-0.1, -0.05) is 6.07 Å². The molecule has 0 unspecified atom stereocenters. The zero-order chi connectivity index (χ0) is 13.1. The molecule has 0 aliphatic rings. The van der Waals surface area contributed by atoms with Crippen LogP contribution in [0.4, 0.5) is 11.4 Å². The molecule has 1 heterocycles. The molecule has 0 fully saturated rings. The van der Waals surface area contributed by atoms with Crippen LogP contribution in [0.3, 0.4) is 0 Å². The highest BCUT2D eigenvalue weighted by Crippen LogP contribution is 2.25. The summed E-state index contributed by atoms with van der Waals surface area (Å²) in [4.78, 5) is 3.61. The van der Waals surface area contributed by atoms with E-state index >= 15 is 0 Å². The number of hydrogen-bond donors (Lipinski definition) is 1. The Bertz CT molecular complexity index is 536. The second-order valence-corrected chi connectivity index (χ2v) is 6.38. The van der Waals surface area contributed by atoms with Crippen molar-refractivity contribution in [1.29, 1.82) is 0 Å². The third kappa shape index (κ3) is 3.27. The van der Waals surface area contributed by atoms with Crippen molar-refractivity contribution in [3.05, 3.63) is 44.6 Å². The van der Waals surface area contributed by atoms with Crippen LogP contribution >= 0.6 is 27.3 Å². The Hall–Kier alpha value is -1.000. The molecule has 0 atom stereocenters. The summed E-state index contributed by atoms with van der Waals surface area (Å²) in [5, 5.41) is 2.12. The van der Waals surface area contributed by atoms with Gasteiger partial charge in [-0.05, 0) is 53.0 Å². The van der Waals surface area contributed by atoms with Gasteiger partial charge in [0.05, 0.1) is 11.4 Å². The molecule has 2 N–H and O–H groups in total. The maximum Gasteiger partial charge on any atom is 0.0600 e. The number of hydrogen-bond acceptors (Lipinski definition) is 3. The Labute approximate surface area is 121 Å². The van der Waals surface area contributed by atoms with Crippen molar-refractivity contribution in [3.63, 3.8) is 0 Å². The first-order valence-corrected chi connectivity index (χ1v) is 7.53. The topological polar surface area (TPSA) is 29.3 Å². The Kier molecular flexibility index (Phi) is 4.30. The average Bonchev–Trinajstić information content (AvgIpc) is 2.75. The van der Waals surface area contributed by atoms with E-state index in [-0.39, 0.29) is 0 Å². The van der Waals surface area contributed by atoms with Gasteiger partial charge in [-0.25, -0.2) is 0 Å². The van der Waals surface area contributed by atoms with Crippen LogP contribution in [0.25, 0.3) is 0 Å². The van der Waals surface area contributed by atoms with Crippen molar-refractivity contribution in [2.24, 2.45) is 0 Å². The van der Waals surface area contributed by atoms with Gasteiger partial charge in [0.1, 0.15) is 0 Å². The molecule has 1 aromatic heterocycles. The van der Waals surface area contributed by atoms with E-state index in [0.29, 0.717) is 0 Å². The highest BCUT2D eigenvalue weighted by Gasteiger charge is 2.06. The maximum absolute atomic E-state index is 6.02. The molecule has 4 heteroatoms. The van der Waals surface area contributed by atoms with Crippen LogP contribution in [-0.2, 0) is 6.42 Å². The molecular weight excluding hydrogens is 308 g/mol. The van der Waals surface area contributed by atoms with E-state index in [4.69, 9.17) is 5.73 Å². The number of anilines is 2. The van der Waals surface area contributed by atoms with Crippen LogP contribution in [0.2, 0.25) is 0 Å². The standard InChI is InChI=1S/C14H17BrN2S/c1-10-3-4-13(16)14(7-10)17(2)6-5-12-8-11(15)9-18-12/h3-4,7-9H,5-6,16H2,1-2H3. The predicted octanol–water partition coefficient (Wildman–Crippen LogP) is 4.08. The summed E-state index contributed by atoms with van der Waals surface area (Å²) >= 11 is 5.27. The van der Waals surface area contributed by atoms with Crippen LogP contribution in [0.15, 0.2) is 34.1 Å². The van der Waals surface area contributed by atoms with Crippen LogP contribution in [0.1, 0.15) is 10.4 Å². The normalized spacial score (nSPS) is 10.6. The van der Waals surface area contributed by atoms with Crippen molar-refractivity contribution in [3.8, 4) is 0 Å². The average molecular weight is 325 g/mol. The predicted molar refractivity (Wildman–Crippen MR) is 84.6 cm³/mol. The highest BCUT2D eigenvalue weighted by molar-refractivity contribution is 9.10. The quantitative estimate of drug-likeness (QED) is 0.858. The summed E-state index contributed by atoms with van der Waals surface area (Å²) in [5.74, 6) is 0. The van der Waals surface area contributed by atoms with E-state index < -0.39 is 0 Å². The summed E-state index contributed by atoms with van der Waals surface area (Å²) in [6.45, 7) is 3.06. The van der Waals surface area contributed by atoms with Crippen molar-refractivity contribution >= 4 is 38.6 Å². The van der Waals surface area contributed by atoms with Gasteiger partial charge >= 0.3 is 0 Å². The zero-order valence-corrected chi connectivity index (χ0v) is 13.0. The molecular formula is C14H17BrN2S. The van der Waals surface area contributed by atoms with Gasteiger partial charge in [-0.15, -0.1) is 11.3 Å². The molecule has 96 valence electrons. The van der Waals surface area contributed by atoms with E-state index in [9.17, 15) is 0 Å². The highest BCUT2D eigenvalue weighted by atomic mass is 79.9. The number of nitrogen functional groups attached to an aromatic ring is 1. The zero-order valence-electron chi connectivity index (χ0n) is 10.6. The maximum atomic E-state index is 6.02. The van der Waals surface area contributed by atoms with E-state index in [2.05, 4.69) is 52.3 Å². The largest absolute Gasteiger partial charge is 0.397 e.